The molecule has 0 unspecified atom stereocenters. The zero-order valence-corrected chi connectivity index (χ0v) is 13.6. The van der Waals surface area contributed by atoms with Crippen molar-refractivity contribution in [2.45, 2.75) is 13.1 Å². The van der Waals surface area contributed by atoms with Crippen molar-refractivity contribution in [2.24, 2.45) is 0 Å². The zero-order valence-electron chi connectivity index (χ0n) is 13.6. The molecule has 0 saturated carbocycles. The number of ether oxygens (including phenoxy) is 2. The highest BCUT2D eigenvalue weighted by atomic mass is 16.5. The maximum absolute atomic E-state index is 5.59. The van der Waals surface area contributed by atoms with Crippen LogP contribution >= 0.6 is 0 Å². The number of nitrogens with zero attached hydrogens (tertiary/aromatic N) is 1. The Morgan fingerprint density at radius 1 is 1.00 bits per heavy atom. The van der Waals surface area contributed by atoms with Gasteiger partial charge in [-0.25, -0.2) is 0 Å². The summed E-state index contributed by atoms with van der Waals surface area (Å²) >= 11 is 0. The van der Waals surface area contributed by atoms with E-state index in [9.17, 15) is 0 Å². The number of morpholine rings is 1. The Labute approximate surface area is 138 Å². The van der Waals surface area contributed by atoms with E-state index in [2.05, 4.69) is 52.7 Å². The molecule has 2 aromatic carbocycles. The van der Waals surface area contributed by atoms with Crippen LogP contribution in [0.2, 0.25) is 0 Å². The fourth-order valence-corrected chi connectivity index (χ4v) is 2.84. The lowest BCUT2D eigenvalue weighted by Gasteiger charge is -2.30. The van der Waals surface area contributed by atoms with Crippen molar-refractivity contribution in [3.8, 4) is 5.75 Å². The number of nitrogens with one attached hydrogen (secondary N) is 1. The van der Waals surface area contributed by atoms with Crippen LogP contribution in [0.5, 0.6) is 5.75 Å². The second kappa shape index (κ2) is 7.99. The molecule has 1 fully saturated rings. The Kier molecular flexibility index (Phi) is 5.51. The number of methoxy groups -OCH3 is 1. The largest absolute Gasteiger partial charge is 0.495 e. The van der Waals surface area contributed by atoms with E-state index >= 15 is 0 Å². The minimum Gasteiger partial charge on any atom is -0.495 e. The quantitative estimate of drug-likeness (QED) is 0.889. The summed E-state index contributed by atoms with van der Waals surface area (Å²) in [5.41, 5.74) is 3.68. The summed E-state index contributed by atoms with van der Waals surface area (Å²) in [6.07, 6.45) is 0. The summed E-state index contributed by atoms with van der Waals surface area (Å²) in [5, 5.41) is 3.48. The molecule has 0 aromatic heterocycles. The SMILES string of the molecule is COc1cc(CNCc2ccccc2)ccc1N1CCOCC1. The molecule has 4 heteroatoms. The van der Waals surface area contributed by atoms with E-state index < -0.39 is 0 Å². The molecule has 3 rings (SSSR count). The third kappa shape index (κ3) is 4.24. The van der Waals surface area contributed by atoms with Crippen molar-refractivity contribution in [3.63, 3.8) is 0 Å². The lowest BCUT2D eigenvalue weighted by atomic mass is 10.1. The fraction of sp³-hybridized carbons (Fsp3) is 0.368. The normalized spacial score (nSPS) is 14.7. The van der Waals surface area contributed by atoms with E-state index in [0.29, 0.717) is 0 Å². The van der Waals surface area contributed by atoms with Crippen LogP contribution in [0.15, 0.2) is 48.5 Å². The van der Waals surface area contributed by atoms with E-state index in [0.717, 1.165) is 50.8 Å². The maximum atomic E-state index is 5.59. The summed E-state index contributed by atoms with van der Waals surface area (Å²) in [6.45, 7) is 5.10. The van der Waals surface area contributed by atoms with Crippen molar-refractivity contribution < 1.29 is 9.47 Å². The van der Waals surface area contributed by atoms with Gasteiger partial charge in [0, 0.05) is 26.2 Å². The van der Waals surface area contributed by atoms with E-state index in [4.69, 9.17) is 9.47 Å². The number of rotatable bonds is 6. The van der Waals surface area contributed by atoms with Crippen LogP contribution in [0.1, 0.15) is 11.1 Å². The highest BCUT2D eigenvalue weighted by molar-refractivity contribution is 5.60. The highest BCUT2D eigenvalue weighted by Crippen LogP contribution is 2.30. The monoisotopic (exact) mass is 312 g/mol. The summed E-state index contributed by atoms with van der Waals surface area (Å²) in [5.74, 6) is 0.936. The Bertz CT molecular complexity index is 610. The van der Waals surface area contributed by atoms with Gasteiger partial charge in [-0.1, -0.05) is 36.4 Å². The summed E-state index contributed by atoms with van der Waals surface area (Å²) in [4.78, 5) is 2.32. The first kappa shape index (κ1) is 15.8. The van der Waals surface area contributed by atoms with Crippen molar-refractivity contribution in [3.05, 3.63) is 59.7 Å². The topological polar surface area (TPSA) is 33.7 Å². The average molecular weight is 312 g/mol. The predicted molar refractivity (Wildman–Crippen MR) is 93.0 cm³/mol. The van der Waals surface area contributed by atoms with Crippen LogP contribution < -0.4 is 15.0 Å². The molecule has 0 bridgehead atoms. The lowest BCUT2D eigenvalue weighted by molar-refractivity contribution is 0.122. The standard InChI is InChI=1S/C19H24N2O2/c1-22-19-13-17(15-20-14-16-5-3-2-4-6-16)7-8-18(19)21-9-11-23-12-10-21/h2-8,13,20H,9-12,14-15H2,1H3. The van der Waals surface area contributed by atoms with Gasteiger partial charge in [-0.15, -0.1) is 0 Å². The molecule has 1 aliphatic rings. The van der Waals surface area contributed by atoms with E-state index in [1.54, 1.807) is 7.11 Å². The van der Waals surface area contributed by atoms with E-state index in [1.807, 2.05) is 6.07 Å². The second-order valence-electron chi connectivity index (χ2n) is 5.69. The van der Waals surface area contributed by atoms with E-state index in [1.165, 1.54) is 11.1 Å². The molecular formula is C19H24N2O2. The van der Waals surface area contributed by atoms with Crippen LogP contribution in [0.3, 0.4) is 0 Å². The highest BCUT2D eigenvalue weighted by Gasteiger charge is 2.15. The van der Waals surface area contributed by atoms with Crippen LogP contribution in [-0.2, 0) is 17.8 Å². The minimum absolute atomic E-state index is 0.781. The van der Waals surface area contributed by atoms with Gasteiger partial charge in [0.2, 0.25) is 0 Å². The second-order valence-corrected chi connectivity index (χ2v) is 5.69. The first-order chi connectivity index (χ1) is 11.4. The van der Waals surface area contributed by atoms with Gasteiger partial charge in [-0.3, -0.25) is 0 Å². The summed E-state index contributed by atoms with van der Waals surface area (Å²) in [7, 11) is 1.74. The van der Waals surface area contributed by atoms with Crippen molar-refractivity contribution in [1.82, 2.24) is 5.32 Å². The molecule has 122 valence electrons. The Hall–Kier alpha value is -2.04. The molecule has 1 N–H and O–H groups in total. The maximum Gasteiger partial charge on any atom is 0.142 e. The van der Waals surface area contributed by atoms with Gasteiger partial charge in [0.05, 0.1) is 26.0 Å². The van der Waals surface area contributed by atoms with Crippen LogP contribution in [0.4, 0.5) is 5.69 Å². The molecule has 0 radical (unpaired) electrons. The first-order valence-corrected chi connectivity index (χ1v) is 8.11. The summed E-state index contributed by atoms with van der Waals surface area (Å²) in [6, 6.07) is 16.9. The van der Waals surface area contributed by atoms with Crippen LogP contribution in [0, 0.1) is 0 Å². The third-order valence-electron chi connectivity index (χ3n) is 4.10. The van der Waals surface area contributed by atoms with Gasteiger partial charge in [0.25, 0.3) is 0 Å². The molecule has 2 aromatic rings. The Morgan fingerprint density at radius 3 is 2.48 bits per heavy atom. The fourth-order valence-electron chi connectivity index (χ4n) is 2.84. The van der Waals surface area contributed by atoms with E-state index in [-0.39, 0.29) is 0 Å². The summed E-state index contributed by atoms with van der Waals surface area (Å²) < 4.78 is 11.0. The van der Waals surface area contributed by atoms with Gasteiger partial charge >= 0.3 is 0 Å². The molecule has 1 saturated heterocycles. The molecule has 1 aliphatic heterocycles. The Morgan fingerprint density at radius 2 is 1.74 bits per heavy atom. The van der Waals surface area contributed by atoms with Gasteiger partial charge in [-0.2, -0.15) is 0 Å². The third-order valence-corrected chi connectivity index (χ3v) is 4.10. The molecule has 23 heavy (non-hydrogen) atoms. The van der Waals surface area contributed by atoms with Gasteiger partial charge in [0.1, 0.15) is 5.75 Å². The van der Waals surface area contributed by atoms with Gasteiger partial charge in [0.15, 0.2) is 0 Å². The lowest BCUT2D eigenvalue weighted by Crippen LogP contribution is -2.36. The van der Waals surface area contributed by atoms with Crippen LogP contribution in [0.25, 0.3) is 0 Å². The number of anilines is 1. The van der Waals surface area contributed by atoms with Gasteiger partial charge < -0.3 is 19.7 Å². The molecule has 0 aliphatic carbocycles. The molecule has 4 nitrogen and oxygen atoms in total. The molecule has 1 heterocycles. The molecule has 0 amide bonds. The van der Waals surface area contributed by atoms with Crippen LogP contribution in [-0.4, -0.2) is 33.4 Å². The number of benzene rings is 2. The first-order valence-electron chi connectivity index (χ1n) is 8.11. The molecular weight excluding hydrogens is 288 g/mol. The number of hydrogen-bond donors (Lipinski definition) is 1. The Balaban J connectivity index is 1.62. The van der Waals surface area contributed by atoms with Crippen molar-refractivity contribution in [2.75, 3.05) is 38.3 Å². The molecule has 0 spiro atoms. The number of hydrogen-bond acceptors (Lipinski definition) is 4. The predicted octanol–water partition coefficient (Wildman–Crippen LogP) is 2.82. The van der Waals surface area contributed by atoms with Crippen molar-refractivity contribution in [1.29, 1.82) is 0 Å². The zero-order chi connectivity index (χ0) is 15.9. The minimum atomic E-state index is 0.781. The molecule has 0 atom stereocenters. The van der Waals surface area contributed by atoms with Crippen molar-refractivity contribution >= 4 is 5.69 Å². The average Bonchev–Trinajstić information content (AvgIpc) is 2.63. The smallest absolute Gasteiger partial charge is 0.142 e. The van der Waals surface area contributed by atoms with Gasteiger partial charge in [-0.05, 0) is 23.3 Å².